The zero-order valence-corrected chi connectivity index (χ0v) is 13.4. The second kappa shape index (κ2) is 6.22. The van der Waals surface area contributed by atoms with Gasteiger partial charge in [-0.15, -0.1) is 11.3 Å². The van der Waals surface area contributed by atoms with Gasteiger partial charge < -0.3 is 10.5 Å². The zero-order chi connectivity index (χ0) is 15.6. The minimum atomic E-state index is -1.27. The Morgan fingerprint density at radius 3 is 2.82 bits per heavy atom. The van der Waals surface area contributed by atoms with Gasteiger partial charge in [-0.2, -0.15) is 0 Å². The van der Waals surface area contributed by atoms with E-state index in [0.29, 0.717) is 29.3 Å². The molecule has 0 atom stereocenters. The fourth-order valence-electron chi connectivity index (χ4n) is 2.87. The maximum Gasteiger partial charge on any atom is 0.180 e. The van der Waals surface area contributed by atoms with Crippen LogP contribution >= 0.6 is 11.3 Å². The molecule has 0 radical (unpaired) electrons. The van der Waals surface area contributed by atoms with E-state index in [1.807, 2.05) is 18.2 Å². The molecule has 1 aliphatic rings. The molecule has 22 heavy (non-hydrogen) atoms. The van der Waals surface area contributed by atoms with Gasteiger partial charge in [-0.1, -0.05) is 12.1 Å². The van der Waals surface area contributed by atoms with Gasteiger partial charge >= 0.3 is 0 Å². The highest BCUT2D eigenvalue weighted by Gasteiger charge is 2.36. The third-order valence-corrected chi connectivity index (χ3v) is 5.00. The number of methoxy groups -OCH3 is 1. The van der Waals surface area contributed by atoms with E-state index in [1.54, 1.807) is 19.4 Å². The number of likely N-dealkylation sites (tertiary alicyclic amines) is 1. The Labute approximate surface area is 133 Å². The molecule has 2 aromatic rings. The minimum Gasteiger partial charge on any atom is -0.497 e. The van der Waals surface area contributed by atoms with E-state index in [-0.39, 0.29) is 0 Å². The number of benzene rings is 1. The van der Waals surface area contributed by atoms with Crippen molar-refractivity contribution in [3.05, 3.63) is 40.9 Å². The number of nitrogen functional groups attached to an aromatic ring is 1. The molecule has 2 N–H and O–H groups in total. The largest absolute Gasteiger partial charge is 0.497 e. The van der Waals surface area contributed by atoms with Crippen LogP contribution in [0.4, 0.5) is 9.52 Å². The highest BCUT2D eigenvalue weighted by molar-refractivity contribution is 7.15. The van der Waals surface area contributed by atoms with Crippen LogP contribution in [0.1, 0.15) is 23.3 Å². The van der Waals surface area contributed by atoms with Gasteiger partial charge in [0.2, 0.25) is 0 Å². The summed E-state index contributed by atoms with van der Waals surface area (Å²) in [6, 6.07) is 7.35. The summed E-state index contributed by atoms with van der Waals surface area (Å²) in [6.07, 6.45) is 2.79. The van der Waals surface area contributed by atoms with Crippen LogP contribution in [0.2, 0.25) is 0 Å². The van der Waals surface area contributed by atoms with Gasteiger partial charge in [-0.3, -0.25) is 4.90 Å². The molecule has 1 aromatic heterocycles. The van der Waals surface area contributed by atoms with E-state index in [9.17, 15) is 0 Å². The molecule has 0 unspecified atom stereocenters. The summed E-state index contributed by atoms with van der Waals surface area (Å²) in [4.78, 5) is 7.44. The Balaban J connectivity index is 1.64. The SMILES string of the molecule is COc1cccc(C2(F)CCN(Cc3cnc(N)s3)CC2)c1. The smallest absolute Gasteiger partial charge is 0.180 e. The number of nitrogens with two attached hydrogens (primary N) is 1. The number of nitrogens with zero attached hydrogens (tertiary/aromatic N) is 2. The van der Waals surface area contributed by atoms with Crippen LogP contribution in [0.3, 0.4) is 0 Å². The zero-order valence-electron chi connectivity index (χ0n) is 12.6. The molecule has 0 amide bonds. The Hall–Kier alpha value is -1.66. The molecular formula is C16H20FN3OS. The molecule has 1 aliphatic heterocycles. The number of hydrogen-bond donors (Lipinski definition) is 1. The van der Waals surface area contributed by atoms with Crippen molar-refractivity contribution in [1.29, 1.82) is 0 Å². The maximum absolute atomic E-state index is 15.2. The number of ether oxygens (including phenoxy) is 1. The molecule has 0 saturated carbocycles. The van der Waals surface area contributed by atoms with E-state index in [1.165, 1.54) is 11.3 Å². The second-order valence-electron chi connectivity index (χ2n) is 5.64. The maximum atomic E-state index is 15.2. The minimum absolute atomic E-state index is 0.494. The van der Waals surface area contributed by atoms with E-state index >= 15 is 4.39 Å². The van der Waals surface area contributed by atoms with E-state index in [4.69, 9.17) is 10.5 Å². The summed E-state index contributed by atoms with van der Waals surface area (Å²) >= 11 is 1.50. The van der Waals surface area contributed by atoms with Crippen LogP contribution in [0.25, 0.3) is 0 Å². The topological polar surface area (TPSA) is 51.4 Å². The molecule has 0 spiro atoms. The van der Waals surface area contributed by atoms with Gasteiger partial charge in [-0.05, 0) is 30.5 Å². The molecule has 0 bridgehead atoms. The summed E-state index contributed by atoms with van der Waals surface area (Å²) in [6.45, 7) is 2.25. The van der Waals surface area contributed by atoms with Crippen LogP contribution in [-0.2, 0) is 12.2 Å². The average molecular weight is 321 g/mol. The fourth-order valence-corrected chi connectivity index (χ4v) is 3.60. The molecule has 1 fully saturated rings. The van der Waals surface area contributed by atoms with Crippen molar-refractivity contribution in [2.45, 2.75) is 25.1 Å². The normalized spacial score (nSPS) is 18.3. The van der Waals surface area contributed by atoms with Crippen molar-refractivity contribution in [3.63, 3.8) is 0 Å². The van der Waals surface area contributed by atoms with Crippen molar-refractivity contribution < 1.29 is 9.13 Å². The Bertz CT molecular complexity index is 638. The number of aromatic nitrogens is 1. The van der Waals surface area contributed by atoms with Crippen LogP contribution in [0.15, 0.2) is 30.5 Å². The molecule has 4 nitrogen and oxygen atoms in total. The van der Waals surface area contributed by atoms with Crippen LogP contribution in [0, 0.1) is 0 Å². The number of halogens is 1. The van der Waals surface area contributed by atoms with Crippen molar-refractivity contribution in [2.75, 3.05) is 25.9 Å². The number of hydrogen-bond acceptors (Lipinski definition) is 5. The summed E-state index contributed by atoms with van der Waals surface area (Å²) in [7, 11) is 1.60. The number of anilines is 1. The number of rotatable bonds is 4. The standard InChI is InChI=1S/C16H20FN3OS/c1-21-13-4-2-3-12(9-13)16(17)5-7-20(8-6-16)11-14-10-19-15(18)22-14/h2-4,9-10H,5-8,11H2,1H3,(H2,18,19). The molecule has 1 saturated heterocycles. The third-order valence-electron chi connectivity index (χ3n) is 4.19. The number of piperidine rings is 1. The predicted molar refractivity (Wildman–Crippen MR) is 86.8 cm³/mol. The van der Waals surface area contributed by atoms with Crippen molar-refractivity contribution in [1.82, 2.24) is 9.88 Å². The summed E-state index contributed by atoms with van der Waals surface area (Å²) in [5, 5.41) is 0.586. The quantitative estimate of drug-likeness (QED) is 0.939. The van der Waals surface area contributed by atoms with Gasteiger partial charge in [-0.25, -0.2) is 9.37 Å². The second-order valence-corrected chi connectivity index (χ2v) is 6.78. The van der Waals surface area contributed by atoms with Crippen LogP contribution in [-0.4, -0.2) is 30.1 Å². The lowest BCUT2D eigenvalue weighted by Crippen LogP contribution is -2.39. The molecule has 0 aliphatic carbocycles. The van der Waals surface area contributed by atoms with Gasteiger partial charge in [0.15, 0.2) is 5.13 Å². The van der Waals surface area contributed by atoms with Crippen molar-refractivity contribution in [3.8, 4) is 5.75 Å². The average Bonchev–Trinajstić information content (AvgIpc) is 2.95. The lowest BCUT2D eigenvalue weighted by atomic mass is 9.86. The van der Waals surface area contributed by atoms with E-state index in [0.717, 1.165) is 24.5 Å². The van der Waals surface area contributed by atoms with Crippen molar-refractivity contribution in [2.24, 2.45) is 0 Å². The monoisotopic (exact) mass is 321 g/mol. The first-order valence-electron chi connectivity index (χ1n) is 7.35. The van der Waals surface area contributed by atoms with Gasteiger partial charge in [0.05, 0.1) is 7.11 Å². The molecule has 6 heteroatoms. The summed E-state index contributed by atoms with van der Waals surface area (Å²) < 4.78 is 20.4. The molecule has 2 heterocycles. The summed E-state index contributed by atoms with van der Waals surface area (Å²) in [5.41, 5.74) is 5.10. The lowest BCUT2D eigenvalue weighted by molar-refractivity contribution is 0.0528. The van der Waals surface area contributed by atoms with Crippen molar-refractivity contribution >= 4 is 16.5 Å². The Morgan fingerprint density at radius 1 is 1.41 bits per heavy atom. The predicted octanol–water partition coefficient (Wildman–Crippen LogP) is 3.19. The molecule has 1 aromatic carbocycles. The molecule has 118 valence electrons. The highest BCUT2D eigenvalue weighted by atomic mass is 32.1. The lowest BCUT2D eigenvalue weighted by Gasteiger charge is -2.36. The van der Waals surface area contributed by atoms with Gasteiger partial charge in [0, 0.05) is 30.7 Å². The molecule has 3 rings (SSSR count). The number of alkyl halides is 1. The van der Waals surface area contributed by atoms with Crippen LogP contribution < -0.4 is 10.5 Å². The highest BCUT2D eigenvalue weighted by Crippen LogP contribution is 2.38. The first-order chi connectivity index (χ1) is 10.6. The first kappa shape index (κ1) is 15.2. The van der Waals surface area contributed by atoms with E-state index < -0.39 is 5.67 Å². The third kappa shape index (κ3) is 3.23. The van der Waals surface area contributed by atoms with Gasteiger partial charge in [0.25, 0.3) is 0 Å². The van der Waals surface area contributed by atoms with Crippen LogP contribution in [0.5, 0.6) is 5.75 Å². The Kier molecular flexibility index (Phi) is 4.31. The first-order valence-corrected chi connectivity index (χ1v) is 8.17. The van der Waals surface area contributed by atoms with E-state index in [2.05, 4.69) is 9.88 Å². The Morgan fingerprint density at radius 2 is 2.18 bits per heavy atom. The summed E-state index contributed by atoms with van der Waals surface area (Å²) in [5.74, 6) is 0.706. The fraction of sp³-hybridized carbons (Fsp3) is 0.438. The number of thiazole rings is 1. The molecular weight excluding hydrogens is 301 g/mol. The van der Waals surface area contributed by atoms with Gasteiger partial charge in [0.1, 0.15) is 11.4 Å².